The molecule has 0 radical (unpaired) electrons. The third-order valence-corrected chi connectivity index (χ3v) is 3.53. The summed E-state index contributed by atoms with van der Waals surface area (Å²) in [6, 6.07) is 6.81. The maximum atomic E-state index is 9.40. The fourth-order valence-corrected chi connectivity index (χ4v) is 2.17. The number of aliphatic hydroxyl groups excluding tert-OH is 1. The lowest BCUT2D eigenvalue weighted by molar-refractivity contribution is 0.108. The summed E-state index contributed by atoms with van der Waals surface area (Å²) in [6.45, 7) is 9.69. The molecule has 0 spiro atoms. The number of likely N-dealkylation sites (N-methyl/N-ethyl adjacent to an activating group) is 1. The van der Waals surface area contributed by atoms with Crippen LogP contribution in [0.25, 0.3) is 0 Å². The Morgan fingerprint density at radius 2 is 1.82 bits per heavy atom. The fourth-order valence-electron chi connectivity index (χ4n) is 2.17. The molecule has 96 valence electrons. The van der Waals surface area contributed by atoms with Crippen molar-refractivity contribution in [3.8, 4) is 0 Å². The largest absolute Gasteiger partial charge is 0.395 e. The molecule has 0 aromatic heterocycles. The highest BCUT2D eigenvalue weighted by Crippen LogP contribution is 2.15. The first-order chi connectivity index (χ1) is 7.95. The van der Waals surface area contributed by atoms with Crippen molar-refractivity contribution < 1.29 is 5.11 Å². The number of hydrogen-bond donors (Lipinski definition) is 1. The van der Waals surface area contributed by atoms with E-state index in [2.05, 4.69) is 57.8 Å². The van der Waals surface area contributed by atoms with Gasteiger partial charge in [-0.05, 0) is 43.5 Å². The Labute approximate surface area is 105 Å². The van der Waals surface area contributed by atoms with Gasteiger partial charge >= 0.3 is 0 Å². The van der Waals surface area contributed by atoms with E-state index < -0.39 is 0 Å². The summed E-state index contributed by atoms with van der Waals surface area (Å²) in [4.78, 5) is 2.23. The van der Waals surface area contributed by atoms with Gasteiger partial charge in [-0.3, -0.25) is 4.90 Å². The summed E-state index contributed by atoms with van der Waals surface area (Å²) in [5.41, 5.74) is 3.98. The average molecular weight is 235 g/mol. The monoisotopic (exact) mass is 235 g/mol. The van der Waals surface area contributed by atoms with Crippen LogP contribution in [-0.2, 0) is 6.54 Å². The molecule has 17 heavy (non-hydrogen) atoms. The molecule has 0 aliphatic carbocycles. The van der Waals surface area contributed by atoms with Crippen LogP contribution in [0.2, 0.25) is 0 Å². The third kappa shape index (κ3) is 3.83. The van der Waals surface area contributed by atoms with Crippen LogP contribution in [0.3, 0.4) is 0 Å². The lowest BCUT2D eigenvalue weighted by Crippen LogP contribution is -2.38. The van der Waals surface area contributed by atoms with E-state index in [4.69, 9.17) is 0 Å². The molecule has 0 bridgehead atoms. The van der Waals surface area contributed by atoms with E-state index in [1.807, 2.05) is 0 Å². The number of benzene rings is 1. The first-order valence-corrected chi connectivity index (χ1v) is 6.33. The van der Waals surface area contributed by atoms with Crippen molar-refractivity contribution in [3.05, 3.63) is 34.9 Å². The van der Waals surface area contributed by atoms with E-state index in [1.165, 1.54) is 16.7 Å². The van der Waals surface area contributed by atoms with Gasteiger partial charge in [0.05, 0.1) is 6.61 Å². The van der Waals surface area contributed by atoms with Crippen molar-refractivity contribution in [2.75, 3.05) is 13.7 Å². The standard InChI is InChI=1S/C15H25NO/c1-11(2)15(10-17)16(5)9-14-7-6-12(3)13(4)8-14/h6-8,11,15,17H,9-10H2,1-5H3. The Bertz CT molecular complexity index is 360. The van der Waals surface area contributed by atoms with E-state index in [0.717, 1.165) is 6.54 Å². The summed E-state index contributed by atoms with van der Waals surface area (Å²) < 4.78 is 0. The molecule has 0 heterocycles. The molecule has 0 saturated heterocycles. The number of hydrogen-bond acceptors (Lipinski definition) is 2. The minimum Gasteiger partial charge on any atom is -0.395 e. The van der Waals surface area contributed by atoms with Crippen LogP contribution in [0.15, 0.2) is 18.2 Å². The molecular formula is C15H25NO. The van der Waals surface area contributed by atoms with Crippen LogP contribution >= 0.6 is 0 Å². The smallest absolute Gasteiger partial charge is 0.0589 e. The van der Waals surface area contributed by atoms with Crippen LogP contribution in [0.1, 0.15) is 30.5 Å². The molecule has 2 nitrogen and oxygen atoms in total. The van der Waals surface area contributed by atoms with E-state index in [-0.39, 0.29) is 12.6 Å². The zero-order valence-corrected chi connectivity index (χ0v) is 11.7. The van der Waals surface area contributed by atoms with E-state index in [9.17, 15) is 5.11 Å². The van der Waals surface area contributed by atoms with Crippen molar-refractivity contribution in [2.45, 2.75) is 40.3 Å². The summed E-state index contributed by atoms with van der Waals surface area (Å²) in [6.07, 6.45) is 0. The van der Waals surface area contributed by atoms with Crippen LogP contribution < -0.4 is 0 Å². The minimum absolute atomic E-state index is 0.221. The highest BCUT2D eigenvalue weighted by Gasteiger charge is 2.17. The van der Waals surface area contributed by atoms with Gasteiger partial charge in [-0.25, -0.2) is 0 Å². The first-order valence-electron chi connectivity index (χ1n) is 6.33. The zero-order chi connectivity index (χ0) is 13.0. The maximum absolute atomic E-state index is 9.40. The number of aryl methyl sites for hydroxylation is 2. The topological polar surface area (TPSA) is 23.5 Å². The molecule has 0 amide bonds. The predicted molar refractivity (Wildman–Crippen MR) is 73.1 cm³/mol. The van der Waals surface area contributed by atoms with Gasteiger partial charge in [-0.15, -0.1) is 0 Å². The van der Waals surface area contributed by atoms with Crippen molar-refractivity contribution in [1.82, 2.24) is 4.90 Å². The second-order valence-corrected chi connectivity index (χ2v) is 5.33. The molecule has 1 aromatic carbocycles. The van der Waals surface area contributed by atoms with Crippen molar-refractivity contribution in [1.29, 1.82) is 0 Å². The second kappa shape index (κ2) is 6.18. The summed E-state index contributed by atoms with van der Waals surface area (Å²) in [7, 11) is 2.08. The Hall–Kier alpha value is -0.860. The predicted octanol–water partition coefficient (Wildman–Crippen LogP) is 2.75. The lowest BCUT2D eigenvalue weighted by Gasteiger charge is -2.29. The first kappa shape index (κ1) is 14.2. The fraction of sp³-hybridized carbons (Fsp3) is 0.600. The third-order valence-electron chi connectivity index (χ3n) is 3.53. The van der Waals surface area contributed by atoms with Crippen LogP contribution in [0.4, 0.5) is 0 Å². The highest BCUT2D eigenvalue weighted by atomic mass is 16.3. The SMILES string of the molecule is Cc1ccc(CN(C)C(CO)C(C)C)cc1C. The maximum Gasteiger partial charge on any atom is 0.0589 e. The van der Waals surface area contributed by atoms with Gasteiger partial charge in [0.1, 0.15) is 0 Å². The van der Waals surface area contributed by atoms with Crippen molar-refractivity contribution in [3.63, 3.8) is 0 Å². The van der Waals surface area contributed by atoms with E-state index >= 15 is 0 Å². The van der Waals surface area contributed by atoms with Crippen LogP contribution in [0, 0.1) is 19.8 Å². The zero-order valence-electron chi connectivity index (χ0n) is 11.7. The van der Waals surface area contributed by atoms with Gasteiger partial charge in [0.2, 0.25) is 0 Å². The Balaban J connectivity index is 2.73. The highest BCUT2D eigenvalue weighted by molar-refractivity contribution is 5.29. The summed E-state index contributed by atoms with van der Waals surface area (Å²) in [5, 5.41) is 9.40. The number of aliphatic hydroxyl groups is 1. The molecule has 1 atom stereocenters. The van der Waals surface area contributed by atoms with Gasteiger partial charge in [0.25, 0.3) is 0 Å². The number of nitrogens with zero attached hydrogens (tertiary/aromatic N) is 1. The summed E-state index contributed by atoms with van der Waals surface area (Å²) in [5.74, 6) is 0.469. The molecule has 1 aromatic rings. The molecule has 2 heteroatoms. The van der Waals surface area contributed by atoms with Gasteiger partial charge in [0.15, 0.2) is 0 Å². The van der Waals surface area contributed by atoms with Gasteiger partial charge in [-0.1, -0.05) is 32.0 Å². The Morgan fingerprint density at radius 1 is 1.18 bits per heavy atom. The van der Waals surface area contributed by atoms with Crippen LogP contribution in [-0.4, -0.2) is 29.7 Å². The average Bonchev–Trinajstić information content (AvgIpc) is 2.24. The van der Waals surface area contributed by atoms with Crippen LogP contribution in [0.5, 0.6) is 0 Å². The van der Waals surface area contributed by atoms with Crippen molar-refractivity contribution in [2.24, 2.45) is 5.92 Å². The van der Waals surface area contributed by atoms with Crippen molar-refractivity contribution >= 4 is 0 Å². The van der Waals surface area contributed by atoms with Gasteiger partial charge < -0.3 is 5.11 Å². The van der Waals surface area contributed by atoms with E-state index in [0.29, 0.717) is 5.92 Å². The molecule has 1 rings (SSSR count). The molecule has 0 fully saturated rings. The Morgan fingerprint density at radius 3 is 2.29 bits per heavy atom. The lowest BCUT2D eigenvalue weighted by atomic mass is 10.0. The molecule has 0 aliphatic heterocycles. The van der Waals surface area contributed by atoms with Gasteiger partial charge in [0, 0.05) is 12.6 Å². The molecule has 0 saturated carbocycles. The normalized spacial score (nSPS) is 13.4. The molecule has 1 N–H and O–H groups in total. The molecule has 0 aliphatic rings. The Kier molecular flexibility index (Phi) is 5.16. The second-order valence-electron chi connectivity index (χ2n) is 5.33. The summed E-state index contributed by atoms with van der Waals surface area (Å²) >= 11 is 0. The minimum atomic E-state index is 0.221. The van der Waals surface area contributed by atoms with Gasteiger partial charge in [-0.2, -0.15) is 0 Å². The van der Waals surface area contributed by atoms with E-state index in [1.54, 1.807) is 0 Å². The molecular weight excluding hydrogens is 210 g/mol. The molecule has 1 unspecified atom stereocenters. The quantitative estimate of drug-likeness (QED) is 0.848. The number of rotatable bonds is 5.